The number of nitrogens with zero attached hydrogens (tertiary/aromatic N) is 2. The molecule has 0 aliphatic heterocycles. The molecule has 0 aliphatic carbocycles. The van der Waals surface area contributed by atoms with Crippen molar-refractivity contribution in [2.75, 3.05) is 12.8 Å². The molecule has 112 valence electrons. The smallest absolute Gasteiger partial charge is 0.313 e. The third-order valence-corrected chi connectivity index (χ3v) is 3.80. The number of carbonyl (C=O) groups excluding carboxylic acids is 1. The van der Waals surface area contributed by atoms with Crippen LogP contribution < -0.4 is 5.32 Å². The Balaban J connectivity index is 2.35. The van der Waals surface area contributed by atoms with Crippen LogP contribution in [0.2, 0.25) is 0 Å². The van der Waals surface area contributed by atoms with E-state index in [-0.39, 0.29) is 18.1 Å². The van der Waals surface area contributed by atoms with Crippen LogP contribution in [0.25, 0.3) is 11.0 Å². The minimum absolute atomic E-state index is 0.147. The zero-order chi connectivity index (χ0) is 15.4. The summed E-state index contributed by atoms with van der Waals surface area (Å²) < 4.78 is 15.1. The van der Waals surface area contributed by atoms with Gasteiger partial charge in [-0.05, 0) is 18.2 Å². The molecule has 1 aromatic heterocycles. The van der Waals surface area contributed by atoms with Gasteiger partial charge in [-0.1, -0.05) is 11.8 Å². The summed E-state index contributed by atoms with van der Waals surface area (Å²) in [7, 11) is 1.54. The van der Waals surface area contributed by atoms with Gasteiger partial charge >= 0.3 is 5.97 Å². The Morgan fingerprint density at radius 3 is 2.90 bits per heavy atom. The van der Waals surface area contributed by atoms with Crippen LogP contribution in [0, 0.1) is 5.82 Å². The van der Waals surface area contributed by atoms with Crippen molar-refractivity contribution in [2.45, 2.75) is 18.1 Å². The van der Waals surface area contributed by atoms with Crippen LogP contribution in [0.5, 0.6) is 0 Å². The maximum Gasteiger partial charge on any atom is 0.313 e. The summed E-state index contributed by atoms with van der Waals surface area (Å²) in [5.41, 5.74) is 1.12. The van der Waals surface area contributed by atoms with E-state index in [1.54, 1.807) is 4.57 Å². The Kier molecular flexibility index (Phi) is 4.79. The summed E-state index contributed by atoms with van der Waals surface area (Å²) in [6.07, 6.45) is 0.207. The van der Waals surface area contributed by atoms with Gasteiger partial charge in [-0.25, -0.2) is 9.37 Å². The number of benzene rings is 1. The first kappa shape index (κ1) is 15.3. The number of hydrogen-bond donors (Lipinski definition) is 2. The van der Waals surface area contributed by atoms with Crippen molar-refractivity contribution in [1.29, 1.82) is 0 Å². The molecule has 0 bridgehead atoms. The van der Waals surface area contributed by atoms with Crippen LogP contribution in [-0.2, 0) is 16.1 Å². The molecule has 0 fully saturated rings. The van der Waals surface area contributed by atoms with Crippen LogP contribution in [0.4, 0.5) is 4.39 Å². The molecule has 21 heavy (non-hydrogen) atoms. The van der Waals surface area contributed by atoms with Crippen molar-refractivity contribution in [3.63, 3.8) is 0 Å². The molecule has 2 rings (SSSR count). The number of nitrogens with one attached hydrogen (secondary N) is 1. The van der Waals surface area contributed by atoms with Gasteiger partial charge in [-0.15, -0.1) is 0 Å². The predicted octanol–water partition coefficient (Wildman–Crippen LogP) is 1.49. The first-order valence-electron chi connectivity index (χ1n) is 6.22. The summed E-state index contributed by atoms with van der Waals surface area (Å²) in [5, 5.41) is 11.7. The van der Waals surface area contributed by atoms with Gasteiger partial charge in [-0.2, -0.15) is 0 Å². The molecule has 6 nitrogen and oxygen atoms in total. The molecule has 1 amide bonds. The second-order valence-electron chi connectivity index (χ2n) is 4.28. The van der Waals surface area contributed by atoms with E-state index >= 15 is 0 Å². The number of rotatable bonds is 6. The maximum atomic E-state index is 13.4. The molecule has 2 N–H and O–H groups in total. The normalized spacial score (nSPS) is 10.8. The van der Waals surface area contributed by atoms with E-state index in [1.807, 2.05) is 0 Å². The van der Waals surface area contributed by atoms with Crippen molar-refractivity contribution >= 4 is 34.7 Å². The van der Waals surface area contributed by atoms with E-state index in [0.29, 0.717) is 22.7 Å². The highest BCUT2D eigenvalue weighted by atomic mass is 32.2. The summed E-state index contributed by atoms with van der Waals surface area (Å²) in [6.45, 7) is 0.307. The monoisotopic (exact) mass is 311 g/mol. The van der Waals surface area contributed by atoms with Gasteiger partial charge in [0.2, 0.25) is 5.91 Å². The maximum absolute atomic E-state index is 13.4. The quantitative estimate of drug-likeness (QED) is 0.790. The number of aryl methyl sites for hydroxylation is 1. The molecule has 0 saturated heterocycles. The Morgan fingerprint density at radius 1 is 1.48 bits per heavy atom. The third kappa shape index (κ3) is 3.72. The number of carboxylic acids is 1. The van der Waals surface area contributed by atoms with E-state index < -0.39 is 11.8 Å². The molecule has 8 heteroatoms. The summed E-state index contributed by atoms with van der Waals surface area (Å²) in [5.74, 6) is -1.66. The number of carboxylic acid groups (broad SMARTS) is 1. The minimum atomic E-state index is -0.962. The third-order valence-electron chi connectivity index (χ3n) is 2.84. The zero-order valence-corrected chi connectivity index (χ0v) is 12.1. The standard InChI is InChI=1S/C13H14FN3O3S/c1-15-11(18)4-5-17-10-6-8(14)2-3-9(10)16-13(17)21-7-12(19)20/h2-3,6H,4-5,7H2,1H3,(H,15,18)(H,19,20). The number of aromatic nitrogens is 2. The fourth-order valence-corrected chi connectivity index (χ4v) is 2.63. The first-order valence-corrected chi connectivity index (χ1v) is 7.21. The second-order valence-corrected chi connectivity index (χ2v) is 5.23. The van der Waals surface area contributed by atoms with Gasteiger partial charge in [0, 0.05) is 20.0 Å². The largest absolute Gasteiger partial charge is 0.481 e. The van der Waals surface area contributed by atoms with Crippen LogP contribution in [0.15, 0.2) is 23.4 Å². The van der Waals surface area contributed by atoms with Gasteiger partial charge in [0.05, 0.1) is 16.8 Å². The highest BCUT2D eigenvalue weighted by molar-refractivity contribution is 7.99. The Bertz CT molecular complexity index is 687. The zero-order valence-electron chi connectivity index (χ0n) is 11.3. The first-order chi connectivity index (χ1) is 10.0. The molecular weight excluding hydrogens is 297 g/mol. The van der Waals surface area contributed by atoms with Gasteiger partial charge in [0.1, 0.15) is 5.82 Å². The second kappa shape index (κ2) is 6.57. The molecule has 1 aromatic carbocycles. The van der Waals surface area contributed by atoms with Crippen LogP contribution in [0.1, 0.15) is 6.42 Å². The summed E-state index contributed by atoms with van der Waals surface area (Å²) >= 11 is 1.04. The van der Waals surface area contributed by atoms with Crippen molar-refractivity contribution in [3.8, 4) is 0 Å². The molecule has 0 atom stereocenters. The van der Waals surface area contributed by atoms with Gasteiger partial charge < -0.3 is 15.0 Å². The van der Waals surface area contributed by atoms with E-state index in [1.165, 1.54) is 25.2 Å². The van der Waals surface area contributed by atoms with Crippen molar-refractivity contribution < 1.29 is 19.1 Å². The van der Waals surface area contributed by atoms with Gasteiger partial charge in [0.15, 0.2) is 5.16 Å². The Labute approximate surface area is 124 Å². The van der Waals surface area contributed by atoms with Crippen LogP contribution in [0.3, 0.4) is 0 Å². The average molecular weight is 311 g/mol. The van der Waals surface area contributed by atoms with Crippen LogP contribution >= 0.6 is 11.8 Å². The van der Waals surface area contributed by atoms with Crippen molar-refractivity contribution in [2.24, 2.45) is 0 Å². The van der Waals surface area contributed by atoms with Crippen LogP contribution in [-0.4, -0.2) is 39.3 Å². The Hall–Kier alpha value is -2.09. The number of fused-ring (bicyclic) bond motifs is 1. The highest BCUT2D eigenvalue weighted by Crippen LogP contribution is 2.25. The molecule has 0 aliphatic rings. The van der Waals surface area contributed by atoms with E-state index in [2.05, 4.69) is 10.3 Å². The lowest BCUT2D eigenvalue weighted by Gasteiger charge is -2.07. The molecule has 0 spiro atoms. The fraction of sp³-hybridized carbons (Fsp3) is 0.308. The SMILES string of the molecule is CNC(=O)CCn1c(SCC(=O)O)nc2ccc(F)cc21. The van der Waals surface area contributed by atoms with Crippen molar-refractivity contribution in [1.82, 2.24) is 14.9 Å². The summed E-state index contributed by atoms with van der Waals surface area (Å²) in [4.78, 5) is 26.3. The molecule has 0 saturated carbocycles. The van der Waals surface area contributed by atoms with Gasteiger partial charge in [-0.3, -0.25) is 9.59 Å². The number of amides is 1. The predicted molar refractivity (Wildman–Crippen MR) is 76.7 cm³/mol. The number of aliphatic carboxylic acids is 1. The van der Waals surface area contributed by atoms with Gasteiger partial charge in [0.25, 0.3) is 0 Å². The number of imidazole rings is 1. The highest BCUT2D eigenvalue weighted by Gasteiger charge is 2.14. The van der Waals surface area contributed by atoms with E-state index in [4.69, 9.17) is 5.11 Å². The average Bonchev–Trinajstić information content (AvgIpc) is 2.79. The lowest BCUT2D eigenvalue weighted by molar-refractivity contribution is -0.134. The van der Waals surface area contributed by atoms with E-state index in [0.717, 1.165) is 11.8 Å². The number of carbonyl (C=O) groups is 2. The topological polar surface area (TPSA) is 84.2 Å². The number of hydrogen-bond acceptors (Lipinski definition) is 4. The molecule has 1 heterocycles. The number of halogens is 1. The van der Waals surface area contributed by atoms with Crippen molar-refractivity contribution in [3.05, 3.63) is 24.0 Å². The summed E-state index contributed by atoms with van der Waals surface area (Å²) in [6, 6.07) is 4.16. The lowest BCUT2D eigenvalue weighted by atomic mass is 10.3. The molecule has 0 radical (unpaired) electrons. The van der Waals surface area contributed by atoms with E-state index in [9.17, 15) is 14.0 Å². The molecule has 0 unspecified atom stereocenters. The number of thioether (sulfide) groups is 1. The fourth-order valence-electron chi connectivity index (χ4n) is 1.86. The molecular formula is C13H14FN3O3S. The molecule has 2 aromatic rings. The Morgan fingerprint density at radius 2 is 2.24 bits per heavy atom. The minimum Gasteiger partial charge on any atom is -0.481 e. The lowest BCUT2D eigenvalue weighted by Crippen LogP contribution is -2.19.